The molecule has 0 unspecified atom stereocenters. The van der Waals surface area contributed by atoms with E-state index in [9.17, 15) is 14.4 Å². The van der Waals surface area contributed by atoms with E-state index in [-0.39, 0.29) is 23.1 Å². The van der Waals surface area contributed by atoms with Crippen LogP contribution < -0.4 is 5.56 Å². The lowest BCUT2D eigenvalue weighted by atomic mass is 9.89. The third-order valence-electron chi connectivity index (χ3n) is 6.56. The fourth-order valence-electron chi connectivity index (χ4n) is 4.75. The third-order valence-corrected chi connectivity index (χ3v) is 6.56. The van der Waals surface area contributed by atoms with Gasteiger partial charge in [-0.1, -0.05) is 0 Å². The minimum atomic E-state index is -0.380. The number of hydrogen-bond acceptors (Lipinski definition) is 5. The van der Waals surface area contributed by atoms with E-state index in [1.165, 1.54) is 12.6 Å². The smallest absolute Gasteiger partial charge is 0.271 e. The Morgan fingerprint density at radius 1 is 0.938 bits per heavy atom. The highest BCUT2D eigenvalue weighted by Gasteiger charge is 2.27. The first-order chi connectivity index (χ1) is 15.6. The van der Waals surface area contributed by atoms with E-state index in [1.807, 2.05) is 11.1 Å². The highest BCUT2D eigenvalue weighted by atomic mass is 16.2. The van der Waals surface area contributed by atoms with Gasteiger partial charge in [-0.3, -0.25) is 19.4 Å². The minimum Gasteiger partial charge on any atom is -0.339 e. The Balaban J connectivity index is 1.31. The van der Waals surface area contributed by atoms with Crippen molar-refractivity contribution in [2.75, 3.05) is 26.2 Å². The summed E-state index contributed by atoms with van der Waals surface area (Å²) in [5.74, 6) is 0.155. The molecule has 0 saturated carbocycles. The summed E-state index contributed by atoms with van der Waals surface area (Å²) in [6.45, 7) is 2.82. The van der Waals surface area contributed by atoms with Crippen LogP contribution in [0.25, 0.3) is 5.52 Å². The molecule has 9 heteroatoms. The van der Waals surface area contributed by atoms with Crippen molar-refractivity contribution in [2.24, 2.45) is 0 Å². The average molecular weight is 435 g/mol. The maximum atomic E-state index is 13.0. The van der Waals surface area contributed by atoms with Gasteiger partial charge in [-0.25, -0.2) is 4.52 Å². The number of hydrogen-bond donors (Lipinski definition) is 1. The molecule has 3 aromatic rings. The number of pyridine rings is 1. The summed E-state index contributed by atoms with van der Waals surface area (Å²) in [7, 11) is 0. The second-order valence-electron chi connectivity index (χ2n) is 8.58. The molecule has 0 spiro atoms. The molecule has 9 nitrogen and oxygen atoms in total. The van der Waals surface area contributed by atoms with E-state index in [1.54, 1.807) is 15.6 Å². The SMILES string of the molecule is O=C(c1cncc(=O)[nH]1)N1CCC(c2ccn3ncc(C(=O)N4CCCCC4)c3c2)CC1. The molecule has 166 valence electrons. The molecular weight excluding hydrogens is 408 g/mol. The second-order valence-corrected chi connectivity index (χ2v) is 8.58. The quantitative estimate of drug-likeness (QED) is 0.680. The molecule has 0 aliphatic carbocycles. The number of aromatic amines is 1. The normalized spacial score (nSPS) is 17.6. The zero-order valence-corrected chi connectivity index (χ0v) is 17.9. The van der Waals surface area contributed by atoms with Gasteiger partial charge in [-0.2, -0.15) is 5.10 Å². The molecule has 3 aromatic heterocycles. The van der Waals surface area contributed by atoms with E-state index in [0.717, 1.165) is 56.0 Å². The van der Waals surface area contributed by atoms with Crippen LogP contribution in [0.15, 0.2) is 41.7 Å². The average Bonchev–Trinajstić information content (AvgIpc) is 3.27. The van der Waals surface area contributed by atoms with Gasteiger partial charge in [0.15, 0.2) is 0 Å². The van der Waals surface area contributed by atoms with Gasteiger partial charge in [-0.05, 0) is 55.7 Å². The number of H-pyrrole nitrogens is 1. The summed E-state index contributed by atoms with van der Waals surface area (Å²) in [6, 6.07) is 4.13. The molecule has 5 heterocycles. The lowest BCUT2D eigenvalue weighted by Gasteiger charge is -2.32. The summed E-state index contributed by atoms with van der Waals surface area (Å²) in [6.07, 6.45) is 11.1. The number of likely N-dealkylation sites (tertiary alicyclic amines) is 2. The molecule has 2 aliphatic heterocycles. The van der Waals surface area contributed by atoms with Crippen LogP contribution in [-0.2, 0) is 0 Å². The fraction of sp³-hybridized carbons (Fsp3) is 0.435. The molecule has 0 aromatic carbocycles. The van der Waals surface area contributed by atoms with Crippen molar-refractivity contribution >= 4 is 17.3 Å². The first kappa shape index (κ1) is 20.4. The predicted molar refractivity (Wildman–Crippen MR) is 118 cm³/mol. The Hall–Kier alpha value is -3.49. The van der Waals surface area contributed by atoms with Crippen LogP contribution in [0.5, 0.6) is 0 Å². The Bertz CT molecular complexity index is 1200. The van der Waals surface area contributed by atoms with Crippen molar-refractivity contribution in [3.05, 3.63) is 64.1 Å². The fourth-order valence-corrected chi connectivity index (χ4v) is 4.75. The lowest BCUT2D eigenvalue weighted by Crippen LogP contribution is -2.39. The number of piperidine rings is 2. The zero-order chi connectivity index (χ0) is 22.1. The highest BCUT2D eigenvalue weighted by molar-refractivity contribution is 6.00. The summed E-state index contributed by atoms with van der Waals surface area (Å²) < 4.78 is 1.76. The third kappa shape index (κ3) is 3.90. The summed E-state index contributed by atoms with van der Waals surface area (Å²) in [5, 5.41) is 4.38. The molecule has 2 fully saturated rings. The van der Waals surface area contributed by atoms with Crippen LogP contribution in [0.4, 0.5) is 0 Å². The molecule has 0 bridgehead atoms. The van der Waals surface area contributed by atoms with Gasteiger partial charge >= 0.3 is 0 Å². The number of nitrogens with zero attached hydrogens (tertiary/aromatic N) is 5. The molecule has 1 N–H and O–H groups in total. The molecule has 2 saturated heterocycles. The predicted octanol–water partition coefficient (Wildman–Crippen LogP) is 2.06. The van der Waals surface area contributed by atoms with E-state index in [2.05, 4.69) is 27.2 Å². The van der Waals surface area contributed by atoms with Crippen LogP contribution >= 0.6 is 0 Å². The van der Waals surface area contributed by atoms with Gasteiger partial charge in [0.2, 0.25) is 0 Å². The standard InChI is InChI=1S/C23H26N6O3/c30-21-15-24-14-19(26-21)23(32)28-9-4-16(5-10-28)17-6-11-29-20(12-17)18(13-25-29)22(31)27-7-2-1-3-8-27/h6,11-16H,1-5,7-10H2,(H,26,30). The van der Waals surface area contributed by atoms with Gasteiger partial charge in [0.1, 0.15) is 5.69 Å². The number of carbonyl (C=O) groups is 2. The van der Waals surface area contributed by atoms with Crippen molar-refractivity contribution in [3.63, 3.8) is 0 Å². The van der Waals surface area contributed by atoms with Crippen LogP contribution in [0.1, 0.15) is 64.4 Å². The molecule has 0 radical (unpaired) electrons. The number of rotatable bonds is 3. The monoisotopic (exact) mass is 434 g/mol. The Morgan fingerprint density at radius 2 is 1.69 bits per heavy atom. The maximum absolute atomic E-state index is 13.0. The van der Waals surface area contributed by atoms with Crippen molar-refractivity contribution in [1.82, 2.24) is 29.4 Å². The highest BCUT2D eigenvalue weighted by Crippen LogP contribution is 2.30. The largest absolute Gasteiger partial charge is 0.339 e. The molecule has 2 amide bonds. The van der Waals surface area contributed by atoms with Crippen LogP contribution in [0.2, 0.25) is 0 Å². The van der Waals surface area contributed by atoms with E-state index < -0.39 is 0 Å². The lowest BCUT2D eigenvalue weighted by molar-refractivity contribution is 0.0703. The number of carbonyl (C=O) groups excluding carboxylic acids is 2. The molecule has 32 heavy (non-hydrogen) atoms. The van der Waals surface area contributed by atoms with Crippen molar-refractivity contribution in [2.45, 2.75) is 38.0 Å². The second kappa shape index (κ2) is 8.57. The molecule has 5 rings (SSSR count). The first-order valence-electron chi connectivity index (χ1n) is 11.2. The van der Waals surface area contributed by atoms with Crippen LogP contribution in [0.3, 0.4) is 0 Å². The Kier molecular flexibility index (Phi) is 5.46. The number of fused-ring (bicyclic) bond motifs is 1. The van der Waals surface area contributed by atoms with Gasteiger partial charge in [-0.15, -0.1) is 0 Å². The van der Waals surface area contributed by atoms with Crippen LogP contribution in [0, 0.1) is 0 Å². The maximum Gasteiger partial charge on any atom is 0.271 e. The van der Waals surface area contributed by atoms with Gasteiger partial charge < -0.3 is 14.8 Å². The van der Waals surface area contributed by atoms with E-state index >= 15 is 0 Å². The Labute approximate surface area is 185 Å². The number of amides is 2. The summed E-state index contributed by atoms with van der Waals surface area (Å²) in [5.41, 5.74) is 2.49. The topological polar surface area (TPSA) is 104 Å². The zero-order valence-electron chi connectivity index (χ0n) is 17.9. The van der Waals surface area contributed by atoms with Crippen molar-refractivity contribution in [1.29, 1.82) is 0 Å². The molecular formula is C23H26N6O3. The minimum absolute atomic E-state index is 0.0581. The van der Waals surface area contributed by atoms with E-state index in [4.69, 9.17) is 0 Å². The van der Waals surface area contributed by atoms with Gasteiger partial charge in [0.25, 0.3) is 17.4 Å². The van der Waals surface area contributed by atoms with Crippen molar-refractivity contribution < 1.29 is 9.59 Å². The summed E-state index contributed by atoms with van der Waals surface area (Å²) in [4.78, 5) is 47.2. The van der Waals surface area contributed by atoms with Crippen molar-refractivity contribution in [3.8, 4) is 0 Å². The van der Waals surface area contributed by atoms with Gasteiger partial charge in [0, 0.05) is 32.4 Å². The number of aromatic nitrogens is 4. The Morgan fingerprint density at radius 3 is 2.44 bits per heavy atom. The molecule has 2 aliphatic rings. The van der Waals surface area contributed by atoms with E-state index in [0.29, 0.717) is 24.6 Å². The first-order valence-corrected chi connectivity index (χ1v) is 11.2. The number of nitrogens with one attached hydrogen (secondary N) is 1. The van der Waals surface area contributed by atoms with Gasteiger partial charge in [0.05, 0.1) is 29.7 Å². The van der Waals surface area contributed by atoms with Crippen LogP contribution in [-0.4, -0.2) is 67.4 Å². The summed E-state index contributed by atoms with van der Waals surface area (Å²) >= 11 is 0. The molecule has 0 atom stereocenters.